The molecular formula is C21H18ClN5O. The van der Waals surface area contributed by atoms with Crippen molar-refractivity contribution in [3.8, 4) is 5.69 Å². The molecule has 0 atom stereocenters. The first-order valence-electron chi connectivity index (χ1n) is 8.74. The van der Waals surface area contributed by atoms with E-state index in [1.165, 1.54) is 11.7 Å². The first-order chi connectivity index (χ1) is 13.6. The van der Waals surface area contributed by atoms with Crippen molar-refractivity contribution in [1.82, 2.24) is 14.8 Å². The highest BCUT2D eigenvalue weighted by molar-refractivity contribution is 6.31. The van der Waals surface area contributed by atoms with Crippen LogP contribution in [0.3, 0.4) is 0 Å². The summed E-state index contributed by atoms with van der Waals surface area (Å²) in [7, 11) is 1.89. The van der Waals surface area contributed by atoms with Gasteiger partial charge in [-0.15, -0.1) is 0 Å². The number of carbonyl (C=O) groups is 1. The third kappa shape index (κ3) is 3.82. The number of carbonyl (C=O) groups excluding carboxylic acids is 1. The molecule has 0 radical (unpaired) electrons. The second kappa shape index (κ2) is 7.70. The maximum atomic E-state index is 12.7. The summed E-state index contributed by atoms with van der Waals surface area (Å²) in [6.07, 6.45) is 3.01. The highest BCUT2D eigenvalue weighted by Gasteiger charge is 2.13. The number of hydrogen-bond donors (Lipinski definition) is 1. The Morgan fingerprint density at radius 3 is 2.71 bits per heavy atom. The van der Waals surface area contributed by atoms with Crippen molar-refractivity contribution in [2.75, 3.05) is 23.8 Å². The molecule has 140 valence electrons. The number of hydrogen-bond acceptors (Lipinski definition) is 4. The minimum atomic E-state index is -0.153. The van der Waals surface area contributed by atoms with E-state index in [1.807, 2.05) is 30.1 Å². The molecule has 0 unspecified atom stereocenters. The Bertz CT molecular complexity index is 1130. The molecule has 4 aromatic rings. The summed E-state index contributed by atoms with van der Waals surface area (Å²) < 4.78 is 1.58. The van der Waals surface area contributed by atoms with E-state index in [2.05, 4.69) is 39.7 Å². The van der Waals surface area contributed by atoms with Crippen molar-refractivity contribution in [3.05, 3.63) is 78.3 Å². The fourth-order valence-corrected chi connectivity index (χ4v) is 3.22. The number of nitrogens with one attached hydrogen (secondary N) is 1. The van der Waals surface area contributed by atoms with Crippen LogP contribution >= 0.6 is 11.6 Å². The van der Waals surface area contributed by atoms with Crippen molar-refractivity contribution >= 4 is 39.7 Å². The van der Waals surface area contributed by atoms with Crippen LogP contribution in [-0.2, 0) is 4.79 Å². The maximum absolute atomic E-state index is 12.7. The fourth-order valence-electron chi connectivity index (χ4n) is 3.05. The van der Waals surface area contributed by atoms with E-state index in [0.717, 1.165) is 11.1 Å². The van der Waals surface area contributed by atoms with Crippen LogP contribution in [0.2, 0.25) is 5.02 Å². The summed E-state index contributed by atoms with van der Waals surface area (Å²) in [5.41, 5.74) is 2.25. The van der Waals surface area contributed by atoms with Gasteiger partial charge in [-0.25, -0.2) is 9.67 Å². The Kier molecular flexibility index (Phi) is 4.95. The topological polar surface area (TPSA) is 63.1 Å². The van der Waals surface area contributed by atoms with Gasteiger partial charge in [-0.1, -0.05) is 41.9 Å². The normalized spacial score (nSPS) is 10.8. The highest BCUT2D eigenvalue weighted by atomic mass is 35.5. The van der Waals surface area contributed by atoms with Crippen LogP contribution in [-0.4, -0.2) is 34.3 Å². The van der Waals surface area contributed by atoms with Crippen LogP contribution in [0.4, 0.5) is 11.4 Å². The van der Waals surface area contributed by atoms with Crippen molar-refractivity contribution in [1.29, 1.82) is 0 Å². The number of nitrogens with zero attached hydrogens (tertiary/aromatic N) is 4. The Morgan fingerprint density at radius 1 is 1.11 bits per heavy atom. The molecular weight excluding hydrogens is 374 g/mol. The van der Waals surface area contributed by atoms with Crippen molar-refractivity contribution in [3.63, 3.8) is 0 Å². The van der Waals surface area contributed by atoms with Gasteiger partial charge in [0.25, 0.3) is 0 Å². The fraction of sp³-hybridized carbons (Fsp3) is 0.0952. The maximum Gasteiger partial charge on any atom is 0.243 e. The molecule has 0 aliphatic heterocycles. The van der Waals surface area contributed by atoms with Gasteiger partial charge in [-0.2, -0.15) is 5.10 Å². The van der Waals surface area contributed by atoms with Crippen LogP contribution in [0.25, 0.3) is 16.5 Å². The van der Waals surface area contributed by atoms with Crippen molar-refractivity contribution < 1.29 is 4.79 Å². The predicted octanol–water partition coefficient (Wildman–Crippen LogP) is 4.15. The molecule has 0 saturated carbocycles. The zero-order chi connectivity index (χ0) is 19.5. The van der Waals surface area contributed by atoms with Crippen LogP contribution in [0.5, 0.6) is 0 Å². The molecule has 4 rings (SSSR count). The van der Waals surface area contributed by atoms with Gasteiger partial charge in [-0.05, 0) is 41.1 Å². The van der Waals surface area contributed by atoms with E-state index in [-0.39, 0.29) is 12.5 Å². The van der Waals surface area contributed by atoms with Gasteiger partial charge < -0.3 is 10.2 Å². The van der Waals surface area contributed by atoms with E-state index in [9.17, 15) is 4.79 Å². The molecule has 1 aromatic heterocycles. The minimum absolute atomic E-state index is 0.153. The monoisotopic (exact) mass is 391 g/mol. The van der Waals surface area contributed by atoms with Gasteiger partial charge in [0, 0.05) is 17.8 Å². The zero-order valence-corrected chi connectivity index (χ0v) is 16.0. The molecule has 3 aromatic carbocycles. The van der Waals surface area contributed by atoms with Crippen molar-refractivity contribution in [2.45, 2.75) is 0 Å². The number of aromatic nitrogens is 3. The van der Waals surface area contributed by atoms with E-state index in [0.29, 0.717) is 16.4 Å². The number of anilines is 2. The Labute approximate surface area is 167 Å². The van der Waals surface area contributed by atoms with Crippen molar-refractivity contribution in [2.24, 2.45) is 0 Å². The summed E-state index contributed by atoms with van der Waals surface area (Å²) in [6.45, 7) is 0.196. The van der Waals surface area contributed by atoms with Gasteiger partial charge in [0.05, 0.1) is 17.9 Å². The third-order valence-electron chi connectivity index (χ3n) is 4.45. The van der Waals surface area contributed by atoms with E-state index in [4.69, 9.17) is 11.6 Å². The molecule has 0 fully saturated rings. The number of rotatable bonds is 5. The lowest BCUT2D eigenvalue weighted by molar-refractivity contribution is -0.114. The first-order valence-corrected chi connectivity index (χ1v) is 9.12. The van der Waals surface area contributed by atoms with Crippen LogP contribution in [0.1, 0.15) is 0 Å². The molecule has 0 aliphatic rings. The largest absolute Gasteiger partial charge is 0.365 e. The van der Waals surface area contributed by atoms with Crippen LogP contribution in [0.15, 0.2) is 73.3 Å². The number of amides is 1. The standard InChI is InChI=1S/C21H18ClN5O/c1-26(18-8-6-15-4-2-3-5-16(15)10-18)12-21(28)25-19-11-17(22)7-9-20(19)27-14-23-13-24-27/h2-11,13-14H,12H2,1H3,(H,25,28). The van der Waals surface area contributed by atoms with Gasteiger partial charge in [-0.3, -0.25) is 4.79 Å². The number of fused-ring (bicyclic) bond motifs is 1. The first kappa shape index (κ1) is 18.0. The summed E-state index contributed by atoms with van der Waals surface area (Å²) in [4.78, 5) is 18.5. The number of benzene rings is 3. The quantitative estimate of drug-likeness (QED) is 0.555. The molecule has 1 amide bonds. The van der Waals surface area contributed by atoms with Gasteiger partial charge >= 0.3 is 0 Å². The second-order valence-electron chi connectivity index (χ2n) is 6.44. The molecule has 7 heteroatoms. The van der Waals surface area contributed by atoms with E-state index in [1.54, 1.807) is 29.2 Å². The predicted molar refractivity (Wildman–Crippen MR) is 112 cm³/mol. The highest BCUT2D eigenvalue weighted by Crippen LogP contribution is 2.25. The third-order valence-corrected chi connectivity index (χ3v) is 4.69. The zero-order valence-electron chi connectivity index (χ0n) is 15.2. The van der Waals surface area contributed by atoms with Gasteiger partial charge in [0.2, 0.25) is 5.91 Å². The average Bonchev–Trinajstić information content (AvgIpc) is 3.22. The van der Waals surface area contributed by atoms with Gasteiger partial charge in [0.15, 0.2) is 0 Å². The molecule has 0 saturated heterocycles. The second-order valence-corrected chi connectivity index (χ2v) is 6.87. The SMILES string of the molecule is CN(CC(=O)Nc1cc(Cl)ccc1-n1cncn1)c1ccc2ccccc2c1. The molecule has 0 aliphatic carbocycles. The molecule has 6 nitrogen and oxygen atoms in total. The van der Waals surface area contributed by atoms with Crippen LogP contribution < -0.4 is 10.2 Å². The lowest BCUT2D eigenvalue weighted by atomic mass is 10.1. The van der Waals surface area contributed by atoms with E-state index >= 15 is 0 Å². The summed E-state index contributed by atoms with van der Waals surface area (Å²) in [6, 6.07) is 19.5. The molecule has 1 N–H and O–H groups in total. The smallest absolute Gasteiger partial charge is 0.243 e. The summed E-state index contributed by atoms with van der Waals surface area (Å²) in [5.74, 6) is -0.153. The Hall–Kier alpha value is -3.38. The molecule has 0 bridgehead atoms. The lowest BCUT2D eigenvalue weighted by Gasteiger charge is -2.20. The average molecular weight is 392 g/mol. The van der Waals surface area contributed by atoms with E-state index < -0.39 is 0 Å². The molecule has 28 heavy (non-hydrogen) atoms. The summed E-state index contributed by atoms with van der Waals surface area (Å²) in [5, 5.41) is 9.88. The minimum Gasteiger partial charge on any atom is -0.365 e. The van der Waals surface area contributed by atoms with Crippen LogP contribution in [0, 0.1) is 0 Å². The molecule has 1 heterocycles. The van der Waals surface area contributed by atoms with Gasteiger partial charge in [0.1, 0.15) is 12.7 Å². The Balaban J connectivity index is 1.52. The number of halogens is 1. The molecule has 0 spiro atoms. The summed E-state index contributed by atoms with van der Waals surface area (Å²) >= 11 is 6.11. The number of likely N-dealkylation sites (N-methyl/N-ethyl adjacent to an activating group) is 1. The Morgan fingerprint density at radius 2 is 1.93 bits per heavy atom. The lowest BCUT2D eigenvalue weighted by Crippen LogP contribution is -2.30.